The first kappa shape index (κ1) is 22.5. The Balaban J connectivity index is 1.70. The summed E-state index contributed by atoms with van der Waals surface area (Å²) in [6, 6.07) is 27.3. The normalized spacial score (nSPS) is 12.7. The van der Waals surface area contributed by atoms with Crippen LogP contribution in [0.2, 0.25) is 0 Å². The third-order valence-electron chi connectivity index (χ3n) is 6.82. The Bertz CT molecular complexity index is 1390. The molecular formula is C32H36N2. The Hall–Kier alpha value is -3.26. The predicted molar refractivity (Wildman–Crippen MR) is 147 cm³/mol. The third kappa shape index (κ3) is 3.76. The van der Waals surface area contributed by atoms with Crippen molar-refractivity contribution in [1.29, 1.82) is 0 Å². The fraction of sp³-hybridized carbons (Fsp3) is 0.312. The maximum absolute atomic E-state index is 2.43. The van der Waals surface area contributed by atoms with Gasteiger partial charge in [-0.25, -0.2) is 0 Å². The number of hydrogen-bond acceptors (Lipinski definition) is 0. The minimum Gasteiger partial charge on any atom is -0.313 e. The molecule has 0 atom stereocenters. The van der Waals surface area contributed by atoms with Gasteiger partial charge in [-0.1, -0.05) is 64.8 Å². The first-order valence-corrected chi connectivity index (χ1v) is 12.3. The zero-order valence-corrected chi connectivity index (χ0v) is 21.8. The largest absolute Gasteiger partial charge is 0.313 e. The Labute approximate surface area is 203 Å². The molecule has 2 heteroatoms. The lowest BCUT2D eigenvalue weighted by Gasteiger charge is -2.24. The van der Waals surface area contributed by atoms with Crippen LogP contribution in [-0.2, 0) is 10.8 Å². The highest BCUT2D eigenvalue weighted by molar-refractivity contribution is 5.86. The summed E-state index contributed by atoms with van der Waals surface area (Å²) in [4.78, 5) is 0. The van der Waals surface area contributed by atoms with Crippen LogP contribution < -0.4 is 0 Å². The van der Waals surface area contributed by atoms with E-state index < -0.39 is 0 Å². The molecule has 0 aliphatic heterocycles. The monoisotopic (exact) mass is 448 g/mol. The Morgan fingerprint density at radius 2 is 0.824 bits per heavy atom. The average Bonchev–Trinajstić information content (AvgIpc) is 3.32. The van der Waals surface area contributed by atoms with Crippen LogP contribution in [0.5, 0.6) is 0 Å². The van der Waals surface area contributed by atoms with E-state index in [2.05, 4.69) is 137 Å². The van der Waals surface area contributed by atoms with E-state index in [-0.39, 0.29) is 10.8 Å². The molecule has 0 radical (unpaired) electrons. The minimum atomic E-state index is 0.0412. The second kappa shape index (κ2) is 7.63. The Morgan fingerprint density at radius 3 is 1.15 bits per heavy atom. The number of benzene rings is 3. The van der Waals surface area contributed by atoms with Crippen LogP contribution in [-0.4, -0.2) is 9.13 Å². The van der Waals surface area contributed by atoms with Crippen molar-refractivity contribution in [3.63, 3.8) is 0 Å². The molecule has 3 aromatic carbocycles. The second-order valence-corrected chi connectivity index (χ2v) is 11.9. The van der Waals surface area contributed by atoms with Gasteiger partial charge in [0.2, 0.25) is 0 Å². The fourth-order valence-corrected chi connectivity index (χ4v) is 5.08. The zero-order valence-electron chi connectivity index (χ0n) is 21.8. The topological polar surface area (TPSA) is 9.86 Å². The number of aryl methyl sites for hydroxylation is 2. The van der Waals surface area contributed by atoms with Crippen molar-refractivity contribution in [3.8, 4) is 11.4 Å². The van der Waals surface area contributed by atoms with E-state index in [1.54, 1.807) is 0 Å². The number of fused-ring (bicyclic) bond motifs is 2. The summed E-state index contributed by atoms with van der Waals surface area (Å²) < 4.78 is 4.86. The first-order chi connectivity index (χ1) is 15.9. The highest BCUT2D eigenvalue weighted by atomic mass is 15.0. The molecule has 0 N–H and O–H groups in total. The second-order valence-electron chi connectivity index (χ2n) is 11.9. The average molecular weight is 449 g/mol. The summed E-state index contributed by atoms with van der Waals surface area (Å²) in [5.74, 6) is 0. The van der Waals surface area contributed by atoms with E-state index in [0.717, 1.165) is 0 Å². The van der Waals surface area contributed by atoms with Gasteiger partial charge in [0, 0.05) is 44.4 Å². The van der Waals surface area contributed by atoms with Crippen molar-refractivity contribution in [1.82, 2.24) is 9.13 Å². The summed E-state index contributed by atoms with van der Waals surface area (Å²) >= 11 is 0. The van der Waals surface area contributed by atoms with Crippen molar-refractivity contribution in [2.24, 2.45) is 0 Å². The van der Waals surface area contributed by atoms with Crippen LogP contribution >= 0.6 is 0 Å². The molecular weight excluding hydrogens is 412 g/mol. The molecule has 2 nitrogen and oxygen atoms in total. The van der Waals surface area contributed by atoms with Crippen molar-refractivity contribution in [2.45, 2.75) is 66.2 Å². The summed E-state index contributed by atoms with van der Waals surface area (Å²) in [5, 5.41) is 2.60. The maximum atomic E-state index is 2.43. The maximum Gasteiger partial charge on any atom is 0.0531 e. The van der Waals surface area contributed by atoms with Gasteiger partial charge in [-0.05, 0) is 74.5 Å². The smallest absolute Gasteiger partial charge is 0.0531 e. The van der Waals surface area contributed by atoms with Crippen molar-refractivity contribution < 1.29 is 0 Å². The lowest BCUT2D eigenvalue weighted by molar-refractivity contribution is 0.558. The van der Waals surface area contributed by atoms with Gasteiger partial charge in [0.1, 0.15) is 0 Å². The Kier molecular flexibility index (Phi) is 5.06. The van der Waals surface area contributed by atoms with E-state index in [0.29, 0.717) is 0 Å². The SMILES string of the molecule is Cc1ccc2c(c1)cc(C(C)(C)C)n2-c1ccc(-n2c(C(C)(C)C)cc3cc(C)ccc32)cc1. The highest BCUT2D eigenvalue weighted by Crippen LogP contribution is 2.35. The quantitative estimate of drug-likeness (QED) is 0.255. The minimum absolute atomic E-state index is 0.0412. The van der Waals surface area contributed by atoms with Gasteiger partial charge in [-0.15, -0.1) is 0 Å². The van der Waals surface area contributed by atoms with Crippen LogP contribution in [0.25, 0.3) is 33.2 Å². The lowest BCUT2D eigenvalue weighted by atomic mass is 9.91. The molecule has 0 saturated carbocycles. The zero-order chi connectivity index (χ0) is 24.4. The number of nitrogens with zero attached hydrogens (tertiary/aromatic N) is 2. The molecule has 0 fully saturated rings. The molecule has 0 saturated heterocycles. The van der Waals surface area contributed by atoms with Gasteiger partial charge < -0.3 is 9.13 Å². The van der Waals surface area contributed by atoms with Gasteiger partial charge >= 0.3 is 0 Å². The van der Waals surface area contributed by atoms with Gasteiger partial charge in [0.25, 0.3) is 0 Å². The molecule has 2 aromatic heterocycles. The standard InChI is InChI=1S/C32H36N2/c1-21-9-15-27-23(17-21)19-29(31(3,4)5)33(27)25-11-13-26(14-12-25)34-28-16-10-22(2)18-24(28)20-30(34)32(6,7)8/h9-20H,1-8H3. The van der Waals surface area contributed by atoms with Gasteiger partial charge in [0.05, 0.1) is 11.0 Å². The van der Waals surface area contributed by atoms with Gasteiger partial charge in [0.15, 0.2) is 0 Å². The fourth-order valence-electron chi connectivity index (χ4n) is 5.08. The predicted octanol–water partition coefficient (Wildman–Crippen LogP) is 8.79. The summed E-state index contributed by atoms with van der Waals surface area (Å²) in [5.41, 5.74) is 10.3. The molecule has 5 aromatic rings. The van der Waals surface area contributed by atoms with E-state index in [4.69, 9.17) is 0 Å². The number of aromatic nitrogens is 2. The van der Waals surface area contributed by atoms with E-state index in [1.807, 2.05) is 0 Å². The molecule has 34 heavy (non-hydrogen) atoms. The number of hydrogen-bond donors (Lipinski definition) is 0. The van der Waals surface area contributed by atoms with Crippen molar-refractivity contribution in [2.75, 3.05) is 0 Å². The molecule has 2 heterocycles. The first-order valence-electron chi connectivity index (χ1n) is 12.3. The van der Waals surface area contributed by atoms with Crippen molar-refractivity contribution >= 4 is 21.8 Å². The molecule has 0 aliphatic carbocycles. The molecule has 0 amide bonds. The van der Waals surface area contributed by atoms with Crippen molar-refractivity contribution in [3.05, 3.63) is 95.3 Å². The highest BCUT2D eigenvalue weighted by Gasteiger charge is 2.24. The van der Waals surface area contributed by atoms with Crippen LogP contribution in [0.4, 0.5) is 0 Å². The Morgan fingerprint density at radius 1 is 0.471 bits per heavy atom. The van der Waals surface area contributed by atoms with Gasteiger partial charge in [-0.2, -0.15) is 0 Å². The number of rotatable bonds is 2. The van der Waals surface area contributed by atoms with Gasteiger partial charge in [-0.3, -0.25) is 0 Å². The summed E-state index contributed by atoms with van der Waals surface area (Å²) in [7, 11) is 0. The molecule has 0 aliphatic rings. The molecule has 0 bridgehead atoms. The molecule has 174 valence electrons. The van der Waals surface area contributed by atoms with Crippen LogP contribution in [0.1, 0.15) is 64.1 Å². The van der Waals surface area contributed by atoms with Crippen LogP contribution in [0.15, 0.2) is 72.8 Å². The molecule has 0 spiro atoms. The van der Waals surface area contributed by atoms with E-state index >= 15 is 0 Å². The summed E-state index contributed by atoms with van der Waals surface area (Å²) in [6.07, 6.45) is 0. The van der Waals surface area contributed by atoms with Crippen LogP contribution in [0.3, 0.4) is 0 Å². The molecule has 5 rings (SSSR count). The summed E-state index contributed by atoms with van der Waals surface area (Å²) in [6.45, 7) is 18.1. The lowest BCUT2D eigenvalue weighted by Crippen LogP contribution is -2.17. The van der Waals surface area contributed by atoms with E-state index in [1.165, 1.54) is 55.7 Å². The molecule has 0 unspecified atom stereocenters. The van der Waals surface area contributed by atoms with Crippen LogP contribution in [0, 0.1) is 13.8 Å². The van der Waals surface area contributed by atoms with E-state index in [9.17, 15) is 0 Å². The third-order valence-corrected chi connectivity index (χ3v) is 6.82.